The Labute approximate surface area is 85.3 Å². The standard InChI is InChI=1S/C8H10N4OS/c1-5-6(4-14-12-5)8-10-7(3-9-2)11-13-8/h4,9H,3H2,1-2H3. The van der Waals surface area contributed by atoms with Gasteiger partial charge in [-0.2, -0.15) is 9.36 Å². The van der Waals surface area contributed by atoms with Crippen molar-refractivity contribution in [1.82, 2.24) is 19.8 Å². The first-order valence-electron chi connectivity index (χ1n) is 4.20. The van der Waals surface area contributed by atoms with Gasteiger partial charge < -0.3 is 9.84 Å². The van der Waals surface area contributed by atoms with E-state index >= 15 is 0 Å². The highest BCUT2D eigenvalue weighted by Gasteiger charge is 2.11. The average molecular weight is 210 g/mol. The minimum Gasteiger partial charge on any atom is -0.334 e. The van der Waals surface area contributed by atoms with Crippen molar-refractivity contribution in [2.24, 2.45) is 0 Å². The van der Waals surface area contributed by atoms with E-state index < -0.39 is 0 Å². The summed E-state index contributed by atoms with van der Waals surface area (Å²) in [5.41, 5.74) is 1.85. The summed E-state index contributed by atoms with van der Waals surface area (Å²) in [4.78, 5) is 4.23. The zero-order valence-corrected chi connectivity index (χ0v) is 8.76. The summed E-state index contributed by atoms with van der Waals surface area (Å²) in [6.45, 7) is 2.54. The molecule has 0 aliphatic heterocycles. The van der Waals surface area contributed by atoms with Crippen LogP contribution in [0.3, 0.4) is 0 Å². The Hall–Kier alpha value is -1.27. The lowest BCUT2D eigenvalue weighted by Crippen LogP contribution is -2.06. The summed E-state index contributed by atoms with van der Waals surface area (Å²) in [5, 5.41) is 8.70. The maximum absolute atomic E-state index is 5.11. The average Bonchev–Trinajstić information content (AvgIpc) is 2.74. The van der Waals surface area contributed by atoms with Crippen molar-refractivity contribution < 1.29 is 4.52 Å². The molecule has 2 aromatic rings. The Bertz CT molecular complexity index is 422. The first-order valence-corrected chi connectivity index (χ1v) is 5.03. The van der Waals surface area contributed by atoms with Gasteiger partial charge in [0, 0.05) is 5.38 Å². The second kappa shape index (κ2) is 3.85. The molecule has 0 saturated carbocycles. The molecule has 2 aromatic heterocycles. The maximum atomic E-state index is 5.11. The highest BCUT2D eigenvalue weighted by Crippen LogP contribution is 2.22. The van der Waals surface area contributed by atoms with Crippen molar-refractivity contribution in [2.75, 3.05) is 7.05 Å². The van der Waals surface area contributed by atoms with Gasteiger partial charge in [-0.25, -0.2) is 0 Å². The van der Waals surface area contributed by atoms with Crippen LogP contribution in [0.5, 0.6) is 0 Å². The Morgan fingerprint density at radius 1 is 1.57 bits per heavy atom. The molecule has 0 fully saturated rings. The van der Waals surface area contributed by atoms with Crippen molar-refractivity contribution in [2.45, 2.75) is 13.5 Å². The van der Waals surface area contributed by atoms with Crippen LogP contribution < -0.4 is 5.32 Å². The van der Waals surface area contributed by atoms with Gasteiger partial charge in [-0.1, -0.05) is 5.16 Å². The van der Waals surface area contributed by atoms with Crippen LogP contribution >= 0.6 is 11.5 Å². The molecule has 6 heteroatoms. The van der Waals surface area contributed by atoms with E-state index in [0.717, 1.165) is 11.3 Å². The van der Waals surface area contributed by atoms with Crippen LogP contribution in [-0.4, -0.2) is 21.6 Å². The number of nitrogens with zero attached hydrogens (tertiary/aromatic N) is 3. The van der Waals surface area contributed by atoms with Crippen LogP contribution in [0.15, 0.2) is 9.90 Å². The highest BCUT2D eigenvalue weighted by atomic mass is 32.1. The second-order valence-corrected chi connectivity index (χ2v) is 3.49. The van der Waals surface area contributed by atoms with E-state index in [-0.39, 0.29) is 0 Å². The van der Waals surface area contributed by atoms with E-state index in [9.17, 15) is 0 Å². The number of nitrogens with one attached hydrogen (secondary N) is 1. The third kappa shape index (κ3) is 1.66. The minimum absolute atomic E-state index is 0.543. The normalized spacial score (nSPS) is 10.7. The molecule has 0 spiro atoms. The molecule has 74 valence electrons. The second-order valence-electron chi connectivity index (χ2n) is 2.86. The molecular formula is C8H10N4OS. The van der Waals surface area contributed by atoms with Crippen molar-refractivity contribution >= 4 is 11.5 Å². The fourth-order valence-corrected chi connectivity index (χ4v) is 1.78. The van der Waals surface area contributed by atoms with Crippen molar-refractivity contribution in [3.63, 3.8) is 0 Å². The summed E-state index contributed by atoms with van der Waals surface area (Å²) in [6, 6.07) is 0. The lowest BCUT2D eigenvalue weighted by atomic mass is 10.3. The highest BCUT2D eigenvalue weighted by molar-refractivity contribution is 7.04. The molecule has 0 amide bonds. The number of aryl methyl sites for hydroxylation is 1. The molecule has 0 unspecified atom stereocenters. The molecule has 2 heterocycles. The lowest BCUT2D eigenvalue weighted by molar-refractivity contribution is 0.420. The van der Waals surface area contributed by atoms with E-state index in [1.54, 1.807) is 0 Å². The molecule has 0 radical (unpaired) electrons. The predicted octanol–water partition coefficient (Wildman–Crippen LogP) is 1.22. The molecule has 2 rings (SSSR count). The topological polar surface area (TPSA) is 63.8 Å². The third-order valence-corrected chi connectivity index (χ3v) is 2.50. The van der Waals surface area contributed by atoms with E-state index in [1.807, 2.05) is 19.4 Å². The predicted molar refractivity (Wildman–Crippen MR) is 52.9 cm³/mol. The summed E-state index contributed by atoms with van der Waals surface area (Å²) in [7, 11) is 1.84. The van der Waals surface area contributed by atoms with E-state index in [0.29, 0.717) is 18.3 Å². The van der Waals surface area contributed by atoms with Gasteiger partial charge in [0.1, 0.15) is 0 Å². The summed E-state index contributed by atoms with van der Waals surface area (Å²) < 4.78 is 9.25. The molecule has 0 saturated heterocycles. The summed E-state index contributed by atoms with van der Waals surface area (Å²) in [5.74, 6) is 1.20. The largest absolute Gasteiger partial charge is 0.334 e. The molecule has 0 bridgehead atoms. The van der Waals surface area contributed by atoms with Crippen LogP contribution in [-0.2, 0) is 6.54 Å². The molecular weight excluding hydrogens is 200 g/mol. The molecule has 0 aliphatic rings. The van der Waals surface area contributed by atoms with E-state index in [4.69, 9.17) is 4.52 Å². The Morgan fingerprint density at radius 2 is 2.43 bits per heavy atom. The zero-order valence-electron chi connectivity index (χ0n) is 7.94. The van der Waals surface area contributed by atoms with E-state index in [2.05, 4.69) is 19.8 Å². The minimum atomic E-state index is 0.543. The zero-order chi connectivity index (χ0) is 9.97. The Morgan fingerprint density at radius 3 is 3.07 bits per heavy atom. The van der Waals surface area contributed by atoms with Gasteiger partial charge in [0.05, 0.1) is 17.8 Å². The first kappa shape index (κ1) is 9.29. The molecule has 0 atom stereocenters. The third-order valence-electron chi connectivity index (χ3n) is 1.78. The van der Waals surface area contributed by atoms with Crippen LogP contribution in [0.25, 0.3) is 11.5 Å². The lowest BCUT2D eigenvalue weighted by Gasteiger charge is -1.88. The Kier molecular flexibility index (Phi) is 2.55. The molecule has 0 aliphatic carbocycles. The number of rotatable bonds is 3. The number of hydrogen-bond acceptors (Lipinski definition) is 6. The van der Waals surface area contributed by atoms with Gasteiger partial charge >= 0.3 is 0 Å². The number of aromatic nitrogens is 3. The Balaban J connectivity index is 2.29. The van der Waals surface area contributed by atoms with Crippen molar-refractivity contribution in [3.05, 3.63) is 16.9 Å². The SMILES string of the molecule is CNCc1noc(-c2csnc2C)n1. The molecule has 0 aromatic carbocycles. The molecule has 14 heavy (non-hydrogen) atoms. The van der Waals surface area contributed by atoms with Gasteiger partial charge in [-0.3, -0.25) is 0 Å². The van der Waals surface area contributed by atoms with Crippen LogP contribution in [0.1, 0.15) is 11.5 Å². The summed E-state index contributed by atoms with van der Waals surface area (Å²) in [6.07, 6.45) is 0. The van der Waals surface area contributed by atoms with Crippen molar-refractivity contribution in [3.8, 4) is 11.5 Å². The smallest absolute Gasteiger partial charge is 0.260 e. The van der Waals surface area contributed by atoms with Crippen LogP contribution in [0.2, 0.25) is 0 Å². The van der Waals surface area contributed by atoms with E-state index in [1.165, 1.54) is 11.5 Å². The van der Waals surface area contributed by atoms with Crippen LogP contribution in [0.4, 0.5) is 0 Å². The van der Waals surface area contributed by atoms with Crippen LogP contribution in [0, 0.1) is 6.92 Å². The number of hydrogen-bond donors (Lipinski definition) is 1. The fraction of sp³-hybridized carbons (Fsp3) is 0.375. The van der Waals surface area contributed by atoms with Gasteiger partial charge in [0.15, 0.2) is 5.82 Å². The molecule has 5 nitrogen and oxygen atoms in total. The van der Waals surface area contributed by atoms with Gasteiger partial charge in [0.25, 0.3) is 5.89 Å². The quantitative estimate of drug-likeness (QED) is 0.825. The van der Waals surface area contributed by atoms with Gasteiger partial charge in [-0.05, 0) is 25.5 Å². The molecule has 1 N–H and O–H groups in total. The maximum Gasteiger partial charge on any atom is 0.260 e. The fourth-order valence-electron chi connectivity index (χ4n) is 1.09. The summed E-state index contributed by atoms with van der Waals surface area (Å²) >= 11 is 1.39. The first-order chi connectivity index (χ1) is 6.81. The monoisotopic (exact) mass is 210 g/mol. The van der Waals surface area contributed by atoms with Gasteiger partial charge in [0.2, 0.25) is 0 Å². The van der Waals surface area contributed by atoms with Gasteiger partial charge in [-0.15, -0.1) is 0 Å². The van der Waals surface area contributed by atoms with Crippen molar-refractivity contribution in [1.29, 1.82) is 0 Å².